The molecular weight excluding hydrogens is 268 g/mol. The smallest absolute Gasteiger partial charge is 0.246 e. The molecule has 5 heteroatoms. The van der Waals surface area contributed by atoms with Gasteiger partial charge in [0.1, 0.15) is 6.61 Å². The third kappa shape index (κ3) is 4.58. The molecule has 0 saturated carbocycles. The number of carbonyl (C=O) groups excluding carboxylic acids is 1. The Balaban J connectivity index is 1.76. The molecule has 1 amide bonds. The molecule has 5 nitrogen and oxygen atoms in total. The van der Waals surface area contributed by atoms with Crippen LogP contribution in [-0.4, -0.2) is 44.4 Å². The summed E-state index contributed by atoms with van der Waals surface area (Å²) < 4.78 is 10.0. The number of hydrogen-bond acceptors (Lipinski definition) is 3. The zero-order valence-corrected chi connectivity index (χ0v) is 12.6. The Morgan fingerprint density at radius 3 is 3.00 bits per heavy atom. The van der Waals surface area contributed by atoms with E-state index in [-0.39, 0.29) is 12.5 Å². The number of aromatic amines is 1. The van der Waals surface area contributed by atoms with Gasteiger partial charge in [-0.05, 0) is 30.5 Å². The molecule has 1 heterocycles. The molecule has 0 atom stereocenters. The van der Waals surface area contributed by atoms with Crippen molar-refractivity contribution in [3.63, 3.8) is 0 Å². The lowest BCUT2D eigenvalue weighted by Gasteiger charge is -2.06. The van der Waals surface area contributed by atoms with E-state index in [1.165, 1.54) is 16.5 Å². The predicted octanol–water partition coefficient (Wildman–Crippen LogP) is 1.80. The molecule has 0 spiro atoms. The van der Waals surface area contributed by atoms with Gasteiger partial charge >= 0.3 is 0 Å². The molecule has 2 rings (SSSR count). The quantitative estimate of drug-likeness (QED) is 0.729. The minimum atomic E-state index is -0.0956. The van der Waals surface area contributed by atoms with E-state index in [0.717, 1.165) is 11.9 Å². The van der Waals surface area contributed by atoms with Crippen LogP contribution >= 0.6 is 0 Å². The molecule has 1 aromatic carbocycles. The molecule has 2 aromatic rings. The molecule has 0 aliphatic rings. The van der Waals surface area contributed by atoms with Crippen LogP contribution in [0.2, 0.25) is 0 Å². The molecule has 114 valence electrons. The van der Waals surface area contributed by atoms with Gasteiger partial charge in [-0.3, -0.25) is 4.79 Å². The number of methoxy groups -OCH3 is 1. The molecular formula is C16H22N2O3. The monoisotopic (exact) mass is 290 g/mol. The molecule has 0 bridgehead atoms. The van der Waals surface area contributed by atoms with Gasteiger partial charge in [0.2, 0.25) is 5.91 Å². The van der Waals surface area contributed by atoms with Gasteiger partial charge in [-0.1, -0.05) is 12.1 Å². The molecule has 0 aliphatic heterocycles. The minimum Gasteiger partial charge on any atom is -0.382 e. The highest BCUT2D eigenvalue weighted by atomic mass is 16.5. The number of amides is 1. The number of fused-ring (bicyclic) bond motifs is 1. The molecule has 0 fully saturated rings. The fraction of sp³-hybridized carbons (Fsp3) is 0.438. The highest BCUT2D eigenvalue weighted by molar-refractivity contribution is 5.84. The van der Waals surface area contributed by atoms with Crippen LogP contribution in [0.4, 0.5) is 0 Å². The highest BCUT2D eigenvalue weighted by Crippen LogP contribution is 2.19. The summed E-state index contributed by atoms with van der Waals surface area (Å²) in [7, 11) is 1.60. The number of nitrogens with one attached hydrogen (secondary N) is 2. The first-order valence-electron chi connectivity index (χ1n) is 7.10. The lowest BCUT2D eigenvalue weighted by Crippen LogP contribution is -2.29. The Morgan fingerprint density at radius 1 is 1.33 bits per heavy atom. The van der Waals surface area contributed by atoms with Crippen molar-refractivity contribution in [2.45, 2.75) is 13.3 Å². The van der Waals surface area contributed by atoms with E-state index >= 15 is 0 Å². The van der Waals surface area contributed by atoms with Crippen LogP contribution in [0.3, 0.4) is 0 Å². The molecule has 0 unspecified atom stereocenters. The number of aromatic nitrogens is 1. The van der Waals surface area contributed by atoms with Crippen molar-refractivity contribution in [1.82, 2.24) is 10.3 Å². The summed E-state index contributed by atoms with van der Waals surface area (Å²) in [6, 6.07) is 6.34. The van der Waals surface area contributed by atoms with E-state index in [9.17, 15) is 4.79 Å². The van der Waals surface area contributed by atoms with Crippen molar-refractivity contribution in [2.75, 3.05) is 33.5 Å². The number of aryl methyl sites for hydroxylation is 1. The van der Waals surface area contributed by atoms with E-state index in [4.69, 9.17) is 9.47 Å². The summed E-state index contributed by atoms with van der Waals surface area (Å²) in [5, 5.41) is 4.07. The van der Waals surface area contributed by atoms with Gasteiger partial charge in [0.05, 0.1) is 13.2 Å². The SMILES string of the molecule is COCCOCC(=O)NCCc1c[nH]c2cc(C)ccc12. The summed E-state index contributed by atoms with van der Waals surface area (Å²) in [5.41, 5.74) is 3.59. The van der Waals surface area contributed by atoms with Crippen LogP contribution in [0.5, 0.6) is 0 Å². The summed E-state index contributed by atoms with van der Waals surface area (Å²) in [6.45, 7) is 3.70. The van der Waals surface area contributed by atoms with Crippen molar-refractivity contribution in [3.05, 3.63) is 35.5 Å². The number of rotatable bonds is 8. The third-order valence-electron chi connectivity index (χ3n) is 3.30. The second-order valence-corrected chi connectivity index (χ2v) is 5.01. The zero-order chi connectivity index (χ0) is 15.1. The van der Waals surface area contributed by atoms with Crippen molar-refractivity contribution in [1.29, 1.82) is 0 Å². The van der Waals surface area contributed by atoms with Crippen molar-refractivity contribution in [2.24, 2.45) is 0 Å². The zero-order valence-electron chi connectivity index (χ0n) is 12.6. The van der Waals surface area contributed by atoms with Gasteiger partial charge in [-0.2, -0.15) is 0 Å². The van der Waals surface area contributed by atoms with E-state index < -0.39 is 0 Å². The molecule has 0 radical (unpaired) electrons. The standard InChI is InChI=1S/C16H22N2O3/c1-12-3-4-14-13(10-18-15(14)9-12)5-6-17-16(19)11-21-8-7-20-2/h3-4,9-10,18H,5-8,11H2,1-2H3,(H,17,19). The molecule has 0 saturated heterocycles. The first-order chi connectivity index (χ1) is 10.2. The number of benzene rings is 1. The fourth-order valence-corrected chi connectivity index (χ4v) is 2.20. The number of H-pyrrole nitrogens is 1. The van der Waals surface area contributed by atoms with Crippen LogP contribution in [0.15, 0.2) is 24.4 Å². The van der Waals surface area contributed by atoms with Crippen LogP contribution < -0.4 is 5.32 Å². The Labute approximate surface area is 124 Å². The molecule has 1 aromatic heterocycles. The van der Waals surface area contributed by atoms with E-state index in [1.807, 2.05) is 6.20 Å². The Bertz CT molecular complexity index is 592. The maximum absolute atomic E-state index is 11.6. The Kier molecular flexibility index (Phi) is 5.78. The molecule has 21 heavy (non-hydrogen) atoms. The van der Waals surface area contributed by atoms with Crippen LogP contribution in [0, 0.1) is 6.92 Å². The van der Waals surface area contributed by atoms with E-state index in [2.05, 4.69) is 35.4 Å². The maximum Gasteiger partial charge on any atom is 0.246 e. The van der Waals surface area contributed by atoms with Gasteiger partial charge in [0.15, 0.2) is 0 Å². The first kappa shape index (κ1) is 15.5. The topological polar surface area (TPSA) is 63.4 Å². The molecule has 2 N–H and O–H groups in total. The number of ether oxygens (including phenoxy) is 2. The maximum atomic E-state index is 11.6. The average Bonchev–Trinajstić information content (AvgIpc) is 2.86. The first-order valence-corrected chi connectivity index (χ1v) is 7.10. The van der Waals surface area contributed by atoms with E-state index in [0.29, 0.717) is 19.8 Å². The van der Waals surface area contributed by atoms with Crippen LogP contribution in [0.25, 0.3) is 10.9 Å². The largest absolute Gasteiger partial charge is 0.382 e. The summed E-state index contributed by atoms with van der Waals surface area (Å²) >= 11 is 0. The van der Waals surface area contributed by atoms with E-state index in [1.54, 1.807) is 7.11 Å². The van der Waals surface area contributed by atoms with Crippen LogP contribution in [0.1, 0.15) is 11.1 Å². The van der Waals surface area contributed by atoms with Gasteiger partial charge in [0, 0.05) is 30.8 Å². The van der Waals surface area contributed by atoms with Crippen molar-refractivity contribution in [3.8, 4) is 0 Å². The van der Waals surface area contributed by atoms with Crippen molar-refractivity contribution >= 4 is 16.8 Å². The predicted molar refractivity (Wildman–Crippen MR) is 82.4 cm³/mol. The summed E-state index contributed by atoms with van der Waals surface area (Å²) in [5.74, 6) is -0.0956. The van der Waals surface area contributed by atoms with Crippen molar-refractivity contribution < 1.29 is 14.3 Å². The van der Waals surface area contributed by atoms with Gasteiger partial charge in [-0.15, -0.1) is 0 Å². The Morgan fingerprint density at radius 2 is 2.19 bits per heavy atom. The van der Waals surface area contributed by atoms with Crippen LogP contribution in [-0.2, 0) is 20.7 Å². The van der Waals surface area contributed by atoms with Gasteiger partial charge in [0.25, 0.3) is 0 Å². The average molecular weight is 290 g/mol. The summed E-state index contributed by atoms with van der Waals surface area (Å²) in [6.07, 6.45) is 2.80. The molecule has 0 aliphatic carbocycles. The van der Waals surface area contributed by atoms with Gasteiger partial charge in [-0.25, -0.2) is 0 Å². The lowest BCUT2D eigenvalue weighted by atomic mass is 10.1. The Hall–Kier alpha value is -1.85. The normalized spacial score (nSPS) is 11.0. The summed E-state index contributed by atoms with van der Waals surface area (Å²) in [4.78, 5) is 14.8. The highest BCUT2D eigenvalue weighted by Gasteiger charge is 2.05. The second-order valence-electron chi connectivity index (χ2n) is 5.01. The lowest BCUT2D eigenvalue weighted by molar-refractivity contribution is -0.126. The fourth-order valence-electron chi connectivity index (χ4n) is 2.20. The van der Waals surface area contributed by atoms with Gasteiger partial charge < -0.3 is 19.8 Å². The number of hydrogen-bond donors (Lipinski definition) is 2. The second kappa shape index (κ2) is 7.81. The third-order valence-corrected chi connectivity index (χ3v) is 3.30. The minimum absolute atomic E-state index is 0.0798. The number of carbonyl (C=O) groups is 1.